The second kappa shape index (κ2) is 11.1. The van der Waals surface area contributed by atoms with Gasteiger partial charge in [-0.05, 0) is 66.9 Å². The molecule has 1 aliphatic rings. The number of hydrogen-bond donors (Lipinski definition) is 3. The van der Waals surface area contributed by atoms with Crippen LogP contribution in [0.2, 0.25) is 5.02 Å². The lowest BCUT2D eigenvalue weighted by Gasteiger charge is -2.16. The van der Waals surface area contributed by atoms with Crippen molar-refractivity contribution in [2.24, 2.45) is 11.1 Å². The van der Waals surface area contributed by atoms with Crippen molar-refractivity contribution in [2.45, 2.75) is 31.3 Å². The third-order valence-corrected chi connectivity index (χ3v) is 7.60. The first-order valence-corrected chi connectivity index (χ1v) is 13.8. The number of nitrogens with zero attached hydrogens (tertiary/aromatic N) is 2. The highest BCUT2D eigenvalue weighted by Gasteiger charge is 2.28. The molecule has 1 saturated carbocycles. The van der Waals surface area contributed by atoms with E-state index in [-0.39, 0.29) is 30.4 Å². The number of nitrogens with two attached hydrogens (primary N) is 1. The summed E-state index contributed by atoms with van der Waals surface area (Å²) in [6.07, 6.45) is 5.17. The van der Waals surface area contributed by atoms with Gasteiger partial charge in [-0.15, -0.1) is 11.3 Å². The number of aromatic nitrogens is 2. The summed E-state index contributed by atoms with van der Waals surface area (Å²) in [4.78, 5) is 22.3. The molecule has 3 atom stereocenters. The Morgan fingerprint density at radius 2 is 2.14 bits per heavy atom. The van der Waals surface area contributed by atoms with E-state index >= 15 is 0 Å². The molecule has 1 fully saturated rings. The Labute approximate surface area is 213 Å². The minimum atomic E-state index is -3.96. The van der Waals surface area contributed by atoms with Crippen molar-refractivity contribution in [1.29, 1.82) is 0 Å². The molecule has 0 saturated heterocycles. The van der Waals surface area contributed by atoms with Gasteiger partial charge < -0.3 is 10.6 Å². The molecule has 0 aliphatic heterocycles. The van der Waals surface area contributed by atoms with Gasteiger partial charge in [0.1, 0.15) is 12.1 Å². The van der Waals surface area contributed by atoms with Gasteiger partial charge in [0.2, 0.25) is 5.78 Å². The molecule has 0 radical (unpaired) electrons. The number of carbonyl (C=O) groups is 1. The van der Waals surface area contributed by atoms with Crippen LogP contribution >= 0.6 is 22.9 Å². The smallest absolute Gasteiger partial charge is 0.333 e. The Morgan fingerprint density at radius 3 is 2.89 bits per heavy atom. The summed E-state index contributed by atoms with van der Waals surface area (Å²) in [7, 11) is -2.10. The summed E-state index contributed by atoms with van der Waals surface area (Å²) in [5, 5.41) is 14.1. The zero-order valence-corrected chi connectivity index (χ0v) is 21.4. The fraction of sp³-hybridized carbons (Fsp3) is 0.348. The number of benzene rings is 1. The van der Waals surface area contributed by atoms with E-state index in [4.69, 9.17) is 20.9 Å². The van der Waals surface area contributed by atoms with Crippen LogP contribution in [0.25, 0.3) is 0 Å². The topological polar surface area (TPSA) is 136 Å². The van der Waals surface area contributed by atoms with E-state index in [1.54, 1.807) is 0 Å². The number of halogens is 1. The SMILES string of the molecule is CNC(c1cccc(Cl)c1)c1csc(C(=O)c2cncnc2N[C@H]2CC[C@@H](COS(N)(=O)=O)C2)c1. The summed E-state index contributed by atoms with van der Waals surface area (Å²) in [6, 6.07) is 9.41. The number of carbonyl (C=O) groups excluding carboxylic acids is 1. The minimum absolute atomic E-state index is 0.0286. The van der Waals surface area contributed by atoms with E-state index in [2.05, 4.69) is 20.6 Å². The van der Waals surface area contributed by atoms with Gasteiger partial charge in [0, 0.05) is 17.3 Å². The van der Waals surface area contributed by atoms with Gasteiger partial charge in [0.25, 0.3) is 0 Å². The van der Waals surface area contributed by atoms with Crippen molar-refractivity contribution in [3.63, 3.8) is 0 Å². The van der Waals surface area contributed by atoms with Crippen molar-refractivity contribution >= 4 is 44.8 Å². The van der Waals surface area contributed by atoms with Crippen LogP contribution in [0.15, 0.2) is 48.2 Å². The number of thiophene rings is 1. The number of anilines is 1. The second-order valence-electron chi connectivity index (χ2n) is 8.43. The monoisotopic (exact) mass is 535 g/mol. The average molecular weight is 536 g/mol. The van der Waals surface area contributed by atoms with E-state index in [0.29, 0.717) is 27.7 Å². The zero-order chi connectivity index (χ0) is 25.0. The van der Waals surface area contributed by atoms with Crippen molar-refractivity contribution in [3.05, 3.63) is 74.8 Å². The first-order valence-electron chi connectivity index (χ1n) is 11.0. The Balaban J connectivity index is 1.47. The highest BCUT2D eigenvalue weighted by atomic mass is 35.5. The predicted molar refractivity (Wildman–Crippen MR) is 136 cm³/mol. The van der Waals surface area contributed by atoms with Gasteiger partial charge in [-0.1, -0.05) is 23.7 Å². The third kappa shape index (κ3) is 6.63. The summed E-state index contributed by atoms with van der Waals surface area (Å²) in [5.41, 5.74) is 2.35. The number of hydrogen-bond acceptors (Lipinski definition) is 9. The van der Waals surface area contributed by atoms with Crippen molar-refractivity contribution in [3.8, 4) is 0 Å². The van der Waals surface area contributed by atoms with Gasteiger partial charge >= 0.3 is 10.3 Å². The molecule has 1 aromatic carbocycles. The highest BCUT2D eigenvalue weighted by Crippen LogP contribution is 2.32. The van der Waals surface area contributed by atoms with Crippen molar-refractivity contribution < 1.29 is 17.4 Å². The van der Waals surface area contributed by atoms with Crippen molar-refractivity contribution in [2.75, 3.05) is 19.0 Å². The lowest BCUT2D eigenvalue weighted by molar-refractivity contribution is 0.104. The molecule has 1 aliphatic carbocycles. The zero-order valence-electron chi connectivity index (χ0n) is 19.0. The van der Waals surface area contributed by atoms with Gasteiger partial charge in [0.05, 0.1) is 23.1 Å². The minimum Gasteiger partial charge on any atom is -0.367 e. The molecule has 3 aromatic rings. The average Bonchev–Trinajstić information content (AvgIpc) is 3.48. The number of nitrogens with one attached hydrogen (secondary N) is 2. The lowest BCUT2D eigenvalue weighted by Crippen LogP contribution is -2.22. The van der Waals surface area contributed by atoms with Crippen LogP contribution in [0, 0.1) is 5.92 Å². The summed E-state index contributed by atoms with van der Waals surface area (Å²) >= 11 is 7.53. The first-order chi connectivity index (χ1) is 16.7. The molecule has 1 unspecified atom stereocenters. The first kappa shape index (κ1) is 25.7. The molecular formula is C23H26ClN5O4S2. The second-order valence-corrected chi connectivity index (χ2v) is 11.0. The molecule has 0 spiro atoms. The van der Waals surface area contributed by atoms with Crippen LogP contribution in [0.5, 0.6) is 0 Å². The molecule has 2 aromatic heterocycles. The molecule has 2 heterocycles. The summed E-state index contributed by atoms with van der Waals surface area (Å²) in [5.74, 6) is 0.340. The maximum Gasteiger partial charge on any atom is 0.333 e. The highest BCUT2D eigenvalue weighted by molar-refractivity contribution is 7.84. The van der Waals surface area contributed by atoms with E-state index < -0.39 is 10.3 Å². The number of rotatable bonds is 10. The maximum atomic E-state index is 13.4. The quantitative estimate of drug-likeness (QED) is 0.335. The molecule has 35 heavy (non-hydrogen) atoms. The van der Waals surface area contributed by atoms with Gasteiger partial charge in [-0.3, -0.25) is 8.98 Å². The Kier molecular flexibility index (Phi) is 8.15. The fourth-order valence-corrected chi connectivity index (χ4v) is 5.79. The van der Waals surface area contributed by atoms with E-state index in [0.717, 1.165) is 24.0 Å². The van der Waals surface area contributed by atoms with Crippen LogP contribution in [0.3, 0.4) is 0 Å². The molecule has 186 valence electrons. The standard InChI is InChI=1S/C23H26ClN5O4S2/c1-26-21(15-3-2-4-17(24)8-15)16-9-20(34-12-16)22(30)19-10-27-13-28-23(19)29-18-6-5-14(7-18)11-33-35(25,31)32/h2-4,8-10,12-14,18,21,26H,5-7,11H2,1H3,(H2,25,31,32)(H,27,28,29)/t14-,18+,21?/m1/s1. The van der Waals surface area contributed by atoms with Gasteiger partial charge in [0.15, 0.2) is 0 Å². The van der Waals surface area contributed by atoms with Crippen LogP contribution in [0.4, 0.5) is 5.82 Å². The van der Waals surface area contributed by atoms with Crippen LogP contribution in [-0.2, 0) is 14.5 Å². The predicted octanol–water partition coefficient (Wildman–Crippen LogP) is 3.53. The summed E-state index contributed by atoms with van der Waals surface area (Å²) in [6.45, 7) is 0.0454. The summed E-state index contributed by atoms with van der Waals surface area (Å²) < 4.78 is 26.8. The molecule has 9 nitrogen and oxygen atoms in total. The van der Waals surface area contributed by atoms with Crippen LogP contribution in [-0.4, -0.2) is 43.9 Å². The third-order valence-electron chi connectivity index (χ3n) is 5.95. The largest absolute Gasteiger partial charge is 0.367 e. The van der Waals surface area contributed by atoms with E-state index in [1.165, 1.54) is 23.9 Å². The normalized spacial score (nSPS) is 18.9. The number of ketones is 1. The Hall–Kier alpha value is -2.41. The molecule has 0 bridgehead atoms. The maximum absolute atomic E-state index is 13.4. The van der Waals surface area contributed by atoms with E-state index in [9.17, 15) is 13.2 Å². The van der Waals surface area contributed by atoms with Gasteiger partial charge in [-0.2, -0.15) is 8.42 Å². The molecule has 12 heteroatoms. The van der Waals surface area contributed by atoms with Crippen LogP contribution < -0.4 is 15.8 Å². The van der Waals surface area contributed by atoms with Crippen molar-refractivity contribution in [1.82, 2.24) is 15.3 Å². The lowest BCUT2D eigenvalue weighted by atomic mass is 10.0. The van der Waals surface area contributed by atoms with E-state index in [1.807, 2.05) is 42.8 Å². The fourth-order valence-electron chi connectivity index (χ4n) is 4.32. The molecule has 4 N–H and O–H groups in total. The van der Waals surface area contributed by atoms with Crippen LogP contribution in [0.1, 0.15) is 51.7 Å². The molecular weight excluding hydrogens is 510 g/mol. The molecule has 0 amide bonds. The molecule has 4 rings (SSSR count). The van der Waals surface area contributed by atoms with Gasteiger partial charge in [-0.25, -0.2) is 15.1 Å². The Bertz CT molecular complexity index is 1300. The Morgan fingerprint density at radius 1 is 1.31 bits per heavy atom.